The van der Waals surface area contributed by atoms with Crippen LogP contribution in [0.25, 0.3) is 0 Å². The van der Waals surface area contributed by atoms with Gasteiger partial charge in [0.15, 0.2) is 0 Å². The van der Waals surface area contributed by atoms with Crippen molar-refractivity contribution in [2.45, 2.75) is 11.4 Å². The Bertz CT molecular complexity index is 645. The van der Waals surface area contributed by atoms with Crippen molar-refractivity contribution in [2.24, 2.45) is 0 Å². The van der Waals surface area contributed by atoms with Gasteiger partial charge < -0.3 is 10.1 Å². The van der Waals surface area contributed by atoms with Crippen molar-refractivity contribution >= 4 is 23.7 Å². The number of imide groups is 1. The van der Waals surface area contributed by atoms with Gasteiger partial charge in [-0.3, -0.25) is 10.1 Å². The van der Waals surface area contributed by atoms with Gasteiger partial charge in [0.2, 0.25) is 5.91 Å². The lowest BCUT2D eigenvalue weighted by Gasteiger charge is -2.07. The Labute approximate surface area is 139 Å². The fraction of sp³-hybridized carbons (Fsp3) is 0.176. The summed E-state index contributed by atoms with van der Waals surface area (Å²) in [7, 11) is 1.60. The van der Waals surface area contributed by atoms with Gasteiger partial charge in [-0.2, -0.15) is 0 Å². The lowest BCUT2D eigenvalue weighted by molar-refractivity contribution is -0.117. The summed E-state index contributed by atoms with van der Waals surface area (Å²) in [5.74, 6) is 0.598. The minimum atomic E-state index is -0.491. The first-order valence-corrected chi connectivity index (χ1v) is 8.04. The summed E-state index contributed by atoms with van der Waals surface area (Å²) in [5, 5.41) is 4.95. The maximum Gasteiger partial charge on any atom is 0.321 e. The monoisotopic (exact) mass is 330 g/mol. The van der Waals surface area contributed by atoms with Crippen LogP contribution in [0, 0.1) is 0 Å². The van der Waals surface area contributed by atoms with Gasteiger partial charge in [-0.1, -0.05) is 30.3 Å². The van der Waals surface area contributed by atoms with Crippen LogP contribution in [0.5, 0.6) is 5.75 Å². The quantitative estimate of drug-likeness (QED) is 0.799. The normalized spacial score (nSPS) is 9.96. The number of nitrogens with one attached hydrogen (secondary N) is 2. The summed E-state index contributed by atoms with van der Waals surface area (Å²) in [4.78, 5) is 24.3. The molecule has 3 amide bonds. The maximum atomic E-state index is 11.7. The van der Waals surface area contributed by atoms with E-state index in [2.05, 4.69) is 10.6 Å². The van der Waals surface area contributed by atoms with Crippen LogP contribution in [0.4, 0.5) is 4.79 Å². The van der Waals surface area contributed by atoms with Crippen LogP contribution < -0.4 is 15.4 Å². The first kappa shape index (κ1) is 16.9. The molecule has 0 unspecified atom stereocenters. The van der Waals surface area contributed by atoms with Crippen LogP contribution in [0.2, 0.25) is 0 Å². The largest absolute Gasteiger partial charge is 0.497 e. The zero-order valence-electron chi connectivity index (χ0n) is 12.7. The Balaban J connectivity index is 1.70. The predicted octanol–water partition coefficient (Wildman–Crippen LogP) is 2.81. The maximum absolute atomic E-state index is 11.7. The third kappa shape index (κ3) is 6.04. The zero-order chi connectivity index (χ0) is 16.5. The van der Waals surface area contributed by atoms with E-state index in [0.717, 1.165) is 16.2 Å². The van der Waals surface area contributed by atoms with Gasteiger partial charge in [-0.05, 0) is 29.8 Å². The highest BCUT2D eigenvalue weighted by atomic mass is 32.2. The number of rotatable bonds is 6. The van der Waals surface area contributed by atoms with E-state index in [1.54, 1.807) is 7.11 Å². The third-order valence-corrected chi connectivity index (χ3v) is 3.99. The molecule has 0 heterocycles. The zero-order valence-corrected chi connectivity index (χ0v) is 13.6. The lowest BCUT2D eigenvalue weighted by atomic mass is 10.2. The number of benzene rings is 2. The summed E-state index contributed by atoms with van der Waals surface area (Å²) in [6.45, 7) is 0.381. The fourth-order valence-electron chi connectivity index (χ4n) is 1.81. The van der Waals surface area contributed by atoms with Gasteiger partial charge in [-0.25, -0.2) is 4.79 Å². The molecular weight excluding hydrogens is 312 g/mol. The van der Waals surface area contributed by atoms with Crippen molar-refractivity contribution in [1.82, 2.24) is 10.6 Å². The van der Waals surface area contributed by atoms with E-state index in [4.69, 9.17) is 4.74 Å². The van der Waals surface area contributed by atoms with Gasteiger partial charge in [0.25, 0.3) is 0 Å². The molecule has 0 aliphatic rings. The van der Waals surface area contributed by atoms with E-state index in [9.17, 15) is 9.59 Å². The van der Waals surface area contributed by atoms with Crippen molar-refractivity contribution in [1.29, 1.82) is 0 Å². The molecule has 0 aromatic heterocycles. The van der Waals surface area contributed by atoms with E-state index in [-0.39, 0.29) is 11.7 Å². The smallest absolute Gasteiger partial charge is 0.321 e. The SMILES string of the molecule is COc1ccc(SCC(=O)NC(=O)NCc2ccccc2)cc1. The van der Waals surface area contributed by atoms with E-state index >= 15 is 0 Å². The molecule has 0 fully saturated rings. The molecule has 0 aliphatic heterocycles. The number of hydrogen-bond donors (Lipinski definition) is 2. The Kier molecular flexibility index (Phi) is 6.50. The number of urea groups is 1. The predicted molar refractivity (Wildman–Crippen MR) is 90.5 cm³/mol. The highest BCUT2D eigenvalue weighted by Gasteiger charge is 2.08. The number of thioether (sulfide) groups is 1. The van der Waals surface area contributed by atoms with Crippen LogP contribution >= 0.6 is 11.8 Å². The van der Waals surface area contributed by atoms with Crippen molar-refractivity contribution < 1.29 is 14.3 Å². The van der Waals surface area contributed by atoms with Crippen LogP contribution in [-0.4, -0.2) is 24.8 Å². The molecule has 0 atom stereocenters. The van der Waals surface area contributed by atoms with Crippen LogP contribution in [0.3, 0.4) is 0 Å². The first-order valence-electron chi connectivity index (χ1n) is 7.06. The van der Waals surface area contributed by atoms with E-state index in [0.29, 0.717) is 6.54 Å². The molecule has 0 saturated heterocycles. The standard InChI is InChI=1S/C17H18N2O3S/c1-22-14-7-9-15(10-8-14)23-12-16(20)19-17(21)18-11-13-5-3-2-4-6-13/h2-10H,11-12H2,1H3,(H2,18,19,20,21). The lowest BCUT2D eigenvalue weighted by Crippen LogP contribution is -2.39. The molecule has 0 spiro atoms. The topological polar surface area (TPSA) is 67.4 Å². The highest BCUT2D eigenvalue weighted by molar-refractivity contribution is 8.00. The van der Waals surface area contributed by atoms with Crippen LogP contribution in [-0.2, 0) is 11.3 Å². The average molecular weight is 330 g/mol. The third-order valence-electron chi connectivity index (χ3n) is 2.98. The van der Waals surface area contributed by atoms with E-state index in [1.807, 2.05) is 54.6 Å². The number of carbonyl (C=O) groups is 2. The van der Waals surface area contributed by atoms with Gasteiger partial charge in [0.05, 0.1) is 12.9 Å². The number of amides is 3. The Morgan fingerprint density at radius 2 is 1.74 bits per heavy atom. The summed E-state index contributed by atoms with van der Waals surface area (Å²) in [6.07, 6.45) is 0. The number of hydrogen-bond acceptors (Lipinski definition) is 4. The first-order chi connectivity index (χ1) is 11.2. The number of carbonyl (C=O) groups excluding carboxylic acids is 2. The highest BCUT2D eigenvalue weighted by Crippen LogP contribution is 2.20. The molecular formula is C17H18N2O3S. The van der Waals surface area contributed by atoms with Crippen molar-refractivity contribution in [3.8, 4) is 5.75 Å². The van der Waals surface area contributed by atoms with Gasteiger partial charge in [-0.15, -0.1) is 11.8 Å². The molecule has 2 aromatic carbocycles. The van der Waals surface area contributed by atoms with Gasteiger partial charge >= 0.3 is 6.03 Å². The second kappa shape index (κ2) is 8.85. The summed E-state index contributed by atoms with van der Waals surface area (Å²) in [6, 6.07) is 16.4. The average Bonchev–Trinajstić information content (AvgIpc) is 2.59. The van der Waals surface area contributed by atoms with E-state index < -0.39 is 6.03 Å². The molecule has 23 heavy (non-hydrogen) atoms. The van der Waals surface area contributed by atoms with Crippen molar-refractivity contribution in [3.05, 3.63) is 60.2 Å². The van der Waals surface area contributed by atoms with E-state index in [1.165, 1.54) is 11.8 Å². The molecule has 0 bridgehead atoms. The molecule has 2 aromatic rings. The van der Waals surface area contributed by atoms with Crippen LogP contribution in [0.1, 0.15) is 5.56 Å². The Morgan fingerprint density at radius 1 is 1.04 bits per heavy atom. The molecule has 2 rings (SSSR count). The van der Waals surface area contributed by atoms with Gasteiger partial charge in [0.1, 0.15) is 5.75 Å². The van der Waals surface area contributed by atoms with Crippen molar-refractivity contribution in [2.75, 3.05) is 12.9 Å². The molecule has 0 saturated carbocycles. The molecule has 2 N–H and O–H groups in total. The molecule has 6 heteroatoms. The minimum Gasteiger partial charge on any atom is -0.497 e. The Hall–Kier alpha value is -2.47. The summed E-state index contributed by atoms with van der Waals surface area (Å²) in [5.41, 5.74) is 0.975. The molecule has 0 radical (unpaired) electrons. The molecule has 120 valence electrons. The Morgan fingerprint density at radius 3 is 2.39 bits per heavy atom. The summed E-state index contributed by atoms with van der Waals surface area (Å²) >= 11 is 1.36. The fourth-order valence-corrected chi connectivity index (χ4v) is 2.50. The molecule has 0 aliphatic carbocycles. The van der Waals surface area contributed by atoms with Gasteiger partial charge in [0, 0.05) is 11.4 Å². The molecule has 5 nitrogen and oxygen atoms in total. The summed E-state index contributed by atoms with van der Waals surface area (Å²) < 4.78 is 5.07. The number of ether oxygens (including phenoxy) is 1. The van der Waals surface area contributed by atoms with Crippen LogP contribution in [0.15, 0.2) is 59.5 Å². The number of methoxy groups -OCH3 is 1. The minimum absolute atomic E-state index is 0.172. The van der Waals surface area contributed by atoms with Crippen molar-refractivity contribution in [3.63, 3.8) is 0 Å². The second-order valence-corrected chi connectivity index (χ2v) is 5.73. The second-order valence-electron chi connectivity index (χ2n) is 4.68.